The van der Waals surface area contributed by atoms with Gasteiger partial charge in [-0.2, -0.15) is 0 Å². The minimum Gasteiger partial charge on any atom is -0.345 e. The Morgan fingerprint density at radius 2 is 1.29 bits per heavy atom. The SMILES string of the molecule is C#Cn1cnc2ccccc21.Cl/C=C(\Cl)n1cnc2ccccc21.ClC=C(Cl)Cl.c1ccc2[nH]cnc2c1. The van der Waals surface area contributed by atoms with Crippen molar-refractivity contribution in [2.45, 2.75) is 0 Å². The first-order chi connectivity index (χ1) is 18.5. The van der Waals surface area contributed by atoms with Crippen LogP contribution in [0.2, 0.25) is 0 Å². The molecule has 0 bridgehead atoms. The fourth-order valence-corrected chi connectivity index (χ4v) is 3.36. The number of benzene rings is 3. The largest absolute Gasteiger partial charge is 0.345 e. The summed E-state index contributed by atoms with van der Waals surface area (Å²) in [5.41, 5.74) is 8.29. The number of hydrogen-bond donors (Lipinski definition) is 1. The second kappa shape index (κ2) is 15.1. The molecule has 0 aliphatic heterocycles. The summed E-state index contributed by atoms with van der Waals surface area (Å²) < 4.78 is 3.48. The molecule has 11 heteroatoms. The lowest BCUT2D eigenvalue weighted by Gasteiger charge is -1.98. The van der Waals surface area contributed by atoms with Crippen LogP contribution in [-0.4, -0.2) is 29.1 Å². The summed E-state index contributed by atoms with van der Waals surface area (Å²) in [4.78, 5) is 15.3. The molecule has 1 N–H and O–H groups in total. The first kappa shape index (κ1) is 29.1. The summed E-state index contributed by atoms with van der Waals surface area (Å²) >= 11 is 26.2. The Morgan fingerprint density at radius 3 is 1.89 bits per heavy atom. The van der Waals surface area contributed by atoms with Gasteiger partial charge in [0, 0.05) is 17.1 Å². The summed E-state index contributed by atoms with van der Waals surface area (Å²) in [7, 11) is 0. The van der Waals surface area contributed by atoms with Crippen LogP contribution in [0.4, 0.5) is 0 Å². The Labute approximate surface area is 244 Å². The van der Waals surface area contributed by atoms with Crippen LogP contribution < -0.4 is 0 Å². The van der Waals surface area contributed by atoms with Gasteiger partial charge >= 0.3 is 0 Å². The lowest BCUT2D eigenvalue weighted by atomic mass is 10.3. The van der Waals surface area contributed by atoms with Gasteiger partial charge in [0.1, 0.15) is 22.3 Å². The van der Waals surface area contributed by atoms with E-state index < -0.39 is 0 Å². The van der Waals surface area contributed by atoms with E-state index in [0.29, 0.717) is 5.16 Å². The van der Waals surface area contributed by atoms with Crippen molar-refractivity contribution in [1.82, 2.24) is 29.1 Å². The molecule has 3 aromatic carbocycles. The van der Waals surface area contributed by atoms with Crippen LogP contribution >= 0.6 is 58.0 Å². The average molecular weight is 605 g/mol. The zero-order valence-electron chi connectivity index (χ0n) is 19.5. The highest BCUT2D eigenvalue weighted by Gasteiger charge is 2.02. The number of halogens is 5. The van der Waals surface area contributed by atoms with Gasteiger partial charge in [-0.3, -0.25) is 9.13 Å². The molecule has 0 saturated carbocycles. The van der Waals surface area contributed by atoms with Gasteiger partial charge in [-0.05, 0) is 36.4 Å². The molecule has 0 spiro atoms. The van der Waals surface area contributed by atoms with E-state index in [-0.39, 0.29) is 4.49 Å². The van der Waals surface area contributed by atoms with Crippen LogP contribution in [0.25, 0.3) is 38.3 Å². The van der Waals surface area contributed by atoms with Crippen LogP contribution in [0.1, 0.15) is 0 Å². The summed E-state index contributed by atoms with van der Waals surface area (Å²) in [5, 5.41) is 0.440. The Bertz CT molecular complexity index is 1670. The van der Waals surface area contributed by atoms with Crippen LogP contribution in [0.3, 0.4) is 0 Å². The smallest absolute Gasteiger partial charge is 0.126 e. The number of fused-ring (bicyclic) bond motifs is 3. The molecule has 0 amide bonds. The molecule has 3 aromatic heterocycles. The molecule has 192 valence electrons. The summed E-state index contributed by atoms with van der Waals surface area (Å²) in [6.45, 7) is 0. The molecule has 6 nitrogen and oxygen atoms in total. The number of imidazole rings is 3. The highest BCUT2D eigenvalue weighted by atomic mass is 35.5. The van der Waals surface area contributed by atoms with E-state index in [0.717, 1.165) is 38.6 Å². The molecule has 0 atom stereocenters. The van der Waals surface area contributed by atoms with E-state index in [4.69, 9.17) is 64.4 Å². The lowest BCUT2D eigenvalue weighted by molar-refractivity contribution is 1.15. The normalized spacial score (nSPS) is 10.4. The first-order valence-electron chi connectivity index (χ1n) is 10.7. The molecule has 0 radical (unpaired) electrons. The third-order valence-corrected chi connectivity index (χ3v) is 6.05. The third-order valence-electron chi connectivity index (χ3n) is 4.78. The van der Waals surface area contributed by atoms with Crippen LogP contribution in [0.5, 0.6) is 0 Å². The number of aromatic nitrogens is 6. The third kappa shape index (κ3) is 8.03. The summed E-state index contributed by atoms with van der Waals surface area (Å²) in [6.07, 6.45) is 10.2. The van der Waals surface area contributed by atoms with Crippen LogP contribution in [0.15, 0.2) is 107 Å². The number of aromatic amines is 1. The zero-order chi connectivity index (χ0) is 27.3. The first-order valence-corrected chi connectivity index (χ1v) is 12.8. The number of terminal acetylenes is 1. The maximum absolute atomic E-state index is 5.86. The van der Waals surface area contributed by atoms with Crippen molar-refractivity contribution in [2.75, 3.05) is 0 Å². The van der Waals surface area contributed by atoms with E-state index in [2.05, 4.69) is 26.0 Å². The van der Waals surface area contributed by atoms with Crippen molar-refractivity contribution in [1.29, 1.82) is 0 Å². The van der Waals surface area contributed by atoms with E-state index >= 15 is 0 Å². The maximum atomic E-state index is 5.86. The van der Waals surface area contributed by atoms with Gasteiger partial charge < -0.3 is 4.98 Å². The number of hydrogen-bond acceptors (Lipinski definition) is 3. The topological polar surface area (TPSA) is 64.3 Å². The quantitative estimate of drug-likeness (QED) is 0.191. The monoisotopic (exact) mass is 602 g/mol. The average Bonchev–Trinajstić information content (AvgIpc) is 3.71. The van der Waals surface area contributed by atoms with Crippen LogP contribution in [0, 0.1) is 12.5 Å². The number of H-pyrrole nitrogens is 1. The van der Waals surface area contributed by atoms with Gasteiger partial charge in [0.25, 0.3) is 0 Å². The van der Waals surface area contributed by atoms with Crippen molar-refractivity contribution in [3.63, 3.8) is 0 Å². The second-order valence-corrected chi connectivity index (χ2v) is 8.92. The number of nitrogens with zero attached hydrogens (tertiary/aromatic N) is 5. The van der Waals surface area contributed by atoms with Crippen molar-refractivity contribution in [3.8, 4) is 12.5 Å². The van der Waals surface area contributed by atoms with Crippen molar-refractivity contribution < 1.29 is 0 Å². The molecule has 3 heterocycles. The van der Waals surface area contributed by atoms with E-state index in [1.807, 2.05) is 72.8 Å². The van der Waals surface area contributed by atoms with E-state index in [1.54, 1.807) is 28.1 Å². The Morgan fingerprint density at radius 1 is 0.737 bits per heavy atom. The van der Waals surface area contributed by atoms with Gasteiger partial charge in [0.15, 0.2) is 0 Å². The Kier molecular flexibility index (Phi) is 11.6. The van der Waals surface area contributed by atoms with Gasteiger partial charge in [0.2, 0.25) is 0 Å². The molecule has 6 aromatic rings. The summed E-state index contributed by atoms with van der Waals surface area (Å²) in [5.74, 6) is 0. The standard InChI is InChI=1S/C9H6Cl2N2.C9H6N2.C7H6N2.C2HCl3/c10-5-9(11)13-6-12-7-3-1-2-4-8(7)13;1-2-11-7-10-8-5-3-4-6-9(8)11;1-2-4-7-6(3-1)8-5-9-7;3-1-2(4)5/h1-6H;1,3-7H;1-5H,(H,8,9);1H/b9-5+;;;. The second-order valence-electron chi connectivity index (χ2n) is 7.09. The van der Waals surface area contributed by atoms with Crippen molar-refractivity contribution in [2.24, 2.45) is 0 Å². The van der Waals surface area contributed by atoms with E-state index in [1.165, 1.54) is 5.54 Å². The minimum atomic E-state index is 0.0895. The molecule has 0 aliphatic rings. The molecule has 0 saturated heterocycles. The predicted octanol–water partition coefficient (Wildman–Crippen LogP) is 8.81. The molecule has 0 unspecified atom stereocenters. The van der Waals surface area contributed by atoms with Gasteiger partial charge in [0.05, 0.1) is 39.4 Å². The fraction of sp³-hybridized carbons (Fsp3) is 0. The molecule has 6 rings (SSSR count). The zero-order valence-corrected chi connectivity index (χ0v) is 23.3. The highest BCUT2D eigenvalue weighted by molar-refractivity contribution is 6.58. The van der Waals surface area contributed by atoms with E-state index in [9.17, 15) is 0 Å². The Balaban J connectivity index is 0.000000147. The van der Waals surface area contributed by atoms with Gasteiger partial charge in [-0.15, -0.1) is 0 Å². The highest BCUT2D eigenvalue weighted by Crippen LogP contribution is 2.19. The fourth-order valence-electron chi connectivity index (χ4n) is 3.12. The van der Waals surface area contributed by atoms with Gasteiger partial charge in [-0.1, -0.05) is 101 Å². The molecule has 38 heavy (non-hydrogen) atoms. The molecule has 0 aliphatic carbocycles. The molecular weight excluding hydrogens is 586 g/mol. The number of para-hydroxylation sites is 6. The number of nitrogens with one attached hydrogen (secondary N) is 1. The summed E-state index contributed by atoms with van der Waals surface area (Å²) in [6, 6.07) is 25.9. The van der Waals surface area contributed by atoms with Gasteiger partial charge in [-0.25, -0.2) is 15.0 Å². The predicted molar refractivity (Wildman–Crippen MR) is 161 cm³/mol. The van der Waals surface area contributed by atoms with Crippen molar-refractivity contribution in [3.05, 3.63) is 107 Å². The van der Waals surface area contributed by atoms with Crippen LogP contribution in [-0.2, 0) is 0 Å². The minimum absolute atomic E-state index is 0.0895. The lowest BCUT2D eigenvalue weighted by Crippen LogP contribution is -1.86. The Hall–Kier alpha value is -3.44. The maximum Gasteiger partial charge on any atom is 0.126 e. The number of rotatable bonds is 1. The van der Waals surface area contributed by atoms with Crippen molar-refractivity contribution >= 4 is 96.3 Å². The molecular formula is C27H19Cl5N6. The molecule has 0 fully saturated rings.